The molecule has 2 rings (SSSR count). The van der Waals surface area contributed by atoms with E-state index in [1.807, 2.05) is 0 Å². The van der Waals surface area contributed by atoms with Crippen molar-refractivity contribution in [2.45, 2.75) is 0 Å². The normalized spacial score (nSPS) is 10.4. The maximum Gasteiger partial charge on any atom is 0.311 e. The number of amides is 1. The van der Waals surface area contributed by atoms with Crippen molar-refractivity contribution in [3.8, 4) is 23.0 Å². The van der Waals surface area contributed by atoms with Crippen molar-refractivity contribution >= 4 is 17.8 Å². The van der Waals surface area contributed by atoms with E-state index in [0.717, 1.165) is 0 Å². The summed E-state index contributed by atoms with van der Waals surface area (Å²) in [5.74, 6) is 0.656. The van der Waals surface area contributed by atoms with Crippen molar-refractivity contribution in [2.24, 2.45) is 5.10 Å². The van der Waals surface area contributed by atoms with Crippen molar-refractivity contribution in [1.29, 1.82) is 0 Å². The average Bonchev–Trinajstić information content (AvgIpc) is 2.72. The number of rotatable bonds is 8. The molecular weight excluding hydrogens is 370 g/mol. The third-order valence-corrected chi connectivity index (χ3v) is 3.75. The van der Waals surface area contributed by atoms with E-state index >= 15 is 0 Å². The van der Waals surface area contributed by atoms with E-state index in [0.29, 0.717) is 17.2 Å². The van der Waals surface area contributed by atoms with Gasteiger partial charge in [0.15, 0.2) is 0 Å². The van der Waals surface area contributed by atoms with Gasteiger partial charge in [-0.2, -0.15) is 5.10 Å². The number of methoxy groups -OCH3 is 4. The molecule has 0 saturated heterocycles. The van der Waals surface area contributed by atoms with Gasteiger partial charge < -0.3 is 18.9 Å². The summed E-state index contributed by atoms with van der Waals surface area (Å²) >= 11 is 0. The topological polar surface area (TPSA) is 122 Å². The molecule has 10 heteroatoms. The fraction of sp³-hybridized carbons (Fsp3) is 0.222. The van der Waals surface area contributed by atoms with Crippen molar-refractivity contribution in [3.05, 3.63) is 51.6 Å². The predicted molar refractivity (Wildman–Crippen MR) is 101 cm³/mol. The summed E-state index contributed by atoms with van der Waals surface area (Å²) in [5.41, 5.74) is 2.62. The lowest BCUT2D eigenvalue weighted by molar-refractivity contribution is -0.385. The van der Waals surface area contributed by atoms with Crippen LogP contribution in [-0.4, -0.2) is 45.5 Å². The summed E-state index contributed by atoms with van der Waals surface area (Å²) in [6.07, 6.45) is 1.24. The molecule has 0 spiro atoms. The van der Waals surface area contributed by atoms with Gasteiger partial charge in [0.05, 0.1) is 45.1 Å². The third kappa shape index (κ3) is 4.47. The summed E-state index contributed by atoms with van der Waals surface area (Å²) in [4.78, 5) is 22.9. The Morgan fingerprint density at radius 1 is 1.00 bits per heavy atom. The number of nitro groups is 1. The first-order valence-electron chi connectivity index (χ1n) is 7.91. The highest BCUT2D eigenvalue weighted by Crippen LogP contribution is 2.33. The van der Waals surface area contributed by atoms with Gasteiger partial charge in [-0.05, 0) is 12.1 Å². The summed E-state index contributed by atoms with van der Waals surface area (Å²) in [5, 5.41) is 15.0. The maximum absolute atomic E-state index is 12.3. The van der Waals surface area contributed by atoms with Crippen molar-refractivity contribution in [3.63, 3.8) is 0 Å². The Morgan fingerprint density at radius 3 is 2.25 bits per heavy atom. The highest BCUT2D eigenvalue weighted by molar-refractivity contribution is 5.98. The molecule has 2 aromatic carbocycles. The number of carbonyl (C=O) groups is 1. The van der Waals surface area contributed by atoms with Crippen LogP contribution in [0, 0.1) is 10.1 Å². The molecule has 0 radical (unpaired) electrons. The summed E-state index contributed by atoms with van der Waals surface area (Å²) in [7, 11) is 5.65. The molecular formula is C18H19N3O7. The molecule has 1 N–H and O–H groups in total. The highest BCUT2D eigenvalue weighted by atomic mass is 16.6. The molecule has 0 aliphatic rings. The number of hydrogen-bond acceptors (Lipinski definition) is 8. The Hall–Kier alpha value is -3.82. The molecule has 0 fully saturated rings. The van der Waals surface area contributed by atoms with Crippen molar-refractivity contribution < 1.29 is 28.7 Å². The maximum atomic E-state index is 12.3. The second-order valence-corrected chi connectivity index (χ2v) is 5.29. The van der Waals surface area contributed by atoms with Crippen LogP contribution in [0.2, 0.25) is 0 Å². The lowest BCUT2D eigenvalue weighted by atomic mass is 10.1. The first-order valence-corrected chi connectivity index (χ1v) is 7.91. The van der Waals surface area contributed by atoms with E-state index in [9.17, 15) is 14.9 Å². The Bertz CT molecular complexity index is 912. The molecule has 0 unspecified atom stereocenters. The number of nitro benzene ring substituents is 1. The molecule has 0 aromatic heterocycles. The number of hydrazone groups is 1. The molecule has 1 amide bonds. The van der Waals surface area contributed by atoms with Crippen molar-refractivity contribution in [2.75, 3.05) is 28.4 Å². The van der Waals surface area contributed by atoms with E-state index in [4.69, 9.17) is 18.9 Å². The quantitative estimate of drug-likeness (QED) is 0.418. The number of hydrogen-bond donors (Lipinski definition) is 1. The minimum atomic E-state index is -0.587. The number of carbonyl (C=O) groups excluding carboxylic acids is 1. The van der Waals surface area contributed by atoms with Crippen LogP contribution in [0.25, 0.3) is 0 Å². The molecule has 10 nitrogen and oxygen atoms in total. The van der Waals surface area contributed by atoms with E-state index in [1.165, 1.54) is 52.9 Å². The second kappa shape index (κ2) is 9.21. The Labute approximate surface area is 160 Å². The summed E-state index contributed by atoms with van der Waals surface area (Å²) < 4.78 is 20.4. The molecule has 0 aliphatic heterocycles. The molecule has 0 aliphatic carbocycles. The van der Waals surface area contributed by atoms with E-state index in [-0.39, 0.29) is 22.6 Å². The van der Waals surface area contributed by atoms with Crippen molar-refractivity contribution in [1.82, 2.24) is 5.43 Å². The zero-order chi connectivity index (χ0) is 20.7. The zero-order valence-electron chi connectivity index (χ0n) is 15.7. The molecule has 28 heavy (non-hydrogen) atoms. The lowest BCUT2D eigenvalue weighted by Gasteiger charge is -2.09. The first kappa shape index (κ1) is 20.5. The summed E-state index contributed by atoms with van der Waals surface area (Å²) in [6, 6.07) is 7.31. The SMILES string of the molecule is COc1ccc(C(=O)N/N=C\c2cc([N+](=O)[O-])c(OC)cc2OC)c(OC)c1. The summed E-state index contributed by atoms with van der Waals surface area (Å²) in [6.45, 7) is 0. The fourth-order valence-electron chi connectivity index (χ4n) is 2.36. The van der Waals surface area contributed by atoms with Gasteiger partial charge in [-0.25, -0.2) is 5.43 Å². The van der Waals surface area contributed by atoms with Crippen LogP contribution < -0.4 is 24.4 Å². The monoisotopic (exact) mass is 389 g/mol. The van der Waals surface area contributed by atoms with Gasteiger partial charge in [0.2, 0.25) is 5.75 Å². The predicted octanol–water partition coefficient (Wildman–Crippen LogP) is 2.39. The molecule has 0 bridgehead atoms. The minimum Gasteiger partial charge on any atom is -0.497 e. The third-order valence-electron chi connectivity index (χ3n) is 3.75. The molecule has 0 atom stereocenters. The van der Waals surface area contributed by atoms with E-state index in [1.54, 1.807) is 12.1 Å². The largest absolute Gasteiger partial charge is 0.497 e. The van der Waals surface area contributed by atoms with Crippen LogP contribution in [0.1, 0.15) is 15.9 Å². The van der Waals surface area contributed by atoms with Crippen LogP contribution in [0.15, 0.2) is 35.4 Å². The van der Waals surface area contributed by atoms with Crippen LogP contribution in [0.4, 0.5) is 5.69 Å². The van der Waals surface area contributed by atoms with Gasteiger partial charge in [0.1, 0.15) is 17.2 Å². The molecule has 0 heterocycles. The number of nitrogens with zero attached hydrogens (tertiary/aromatic N) is 2. The van der Waals surface area contributed by atoms with Crippen LogP contribution in [0.3, 0.4) is 0 Å². The van der Waals surface area contributed by atoms with E-state index < -0.39 is 10.8 Å². The highest BCUT2D eigenvalue weighted by Gasteiger charge is 2.19. The minimum absolute atomic E-state index is 0.0472. The van der Waals surface area contributed by atoms with Gasteiger partial charge in [-0.3, -0.25) is 14.9 Å². The fourth-order valence-corrected chi connectivity index (χ4v) is 2.36. The Morgan fingerprint density at radius 2 is 1.68 bits per heavy atom. The average molecular weight is 389 g/mol. The zero-order valence-corrected chi connectivity index (χ0v) is 15.7. The van der Waals surface area contributed by atoms with Crippen LogP contribution in [0.5, 0.6) is 23.0 Å². The molecule has 2 aromatic rings. The Balaban J connectivity index is 2.26. The smallest absolute Gasteiger partial charge is 0.311 e. The first-order chi connectivity index (χ1) is 13.4. The van der Waals surface area contributed by atoms with Gasteiger partial charge in [0.25, 0.3) is 5.91 Å². The Kier molecular flexibility index (Phi) is 6.74. The number of ether oxygens (including phenoxy) is 4. The van der Waals surface area contributed by atoms with E-state index in [2.05, 4.69) is 10.5 Å². The second-order valence-electron chi connectivity index (χ2n) is 5.29. The van der Waals surface area contributed by atoms with Gasteiger partial charge in [-0.15, -0.1) is 0 Å². The molecule has 148 valence electrons. The number of benzene rings is 2. The van der Waals surface area contributed by atoms with Gasteiger partial charge in [0, 0.05) is 23.8 Å². The van der Waals surface area contributed by atoms with Crippen LogP contribution >= 0.6 is 0 Å². The molecule has 0 saturated carbocycles. The standard InChI is InChI=1S/C18H19N3O7/c1-25-12-5-6-13(16(8-12)27-3)18(22)20-19-10-11-7-14(21(23)24)17(28-4)9-15(11)26-2/h5-10H,1-4H3,(H,20,22)/b19-10-. The lowest BCUT2D eigenvalue weighted by Crippen LogP contribution is -2.18. The van der Waals surface area contributed by atoms with Gasteiger partial charge >= 0.3 is 5.69 Å². The van der Waals surface area contributed by atoms with Gasteiger partial charge in [-0.1, -0.05) is 0 Å². The number of nitrogens with one attached hydrogen (secondary N) is 1. The van der Waals surface area contributed by atoms with Crippen LogP contribution in [-0.2, 0) is 0 Å².